The lowest BCUT2D eigenvalue weighted by Crippen LogP contribution is -2.40. The molecule has 8 nitrogen and oxygen atoms in total. The van der Waals surface area contributed by atoms with Crippen molar-refractivity contribution in [2.75, 3.05) is 32.1 Å². The Morgan fingerprint density at radius 2 is 1.74 bits per heavy atom. The van der Waals surface area contributed by atoms with E-state index in [0.29, 0.717) is 11.2 Å². The zero-order chi connectivity index (χ0) is 27.5. The lowest BCUT2D eigenvalue weighted by atomic mass is 9.92. The Bertz CT molecular complexity index is 1550. The molecule has 0 aliphatic carbocycles. The van der Waals surface area contributed by atoms with Gasteiger partial charge in [-0.2, -0.15) is 9.40 Å². The predicted octanol–water partition coefficient (Wildman–Crippen LogP) is 4.91. The van der Waals surface area contributed by atoms with Crippen LogP contribution in [-0.4, -0.2) is 55.2 Å². The number of rotatable bonds is 9. The van der Waals surface area contributed by atoms with E-state index in [1.807, 2.05) is 76.2 Å². The van der Waals surface area contributed by atoms with Crippen molar-refractivity contribution in [2.24, 2.45) is 0 Å². The molecule has 4 aromatic rings. The van der Waals surface area contributed by atoms with Crippen molar-refractivity contribution in [1.82, 2.24) is 14.1 Å². The van der Waals surface area contributed by atoms with Crippen LogP contribution in [0.4, 0.5) is 5.82 Å². The van der Waals surface area contributed by atoms with E-state index >= 15 is 0 Å². The van der Waals surface area contributed by atoms with E-state index in [9.17, 15) is 13.2 Å². The number of aryl methyl sites for hydroxylation is 1. The zero-order valence-corrected chi connectivity index (χ0v) is 23.2. The van der Waals surface area contributed by atoms with Crippen molar-refractivity contribution in [3.05, 3.63) is 84.1 Å². The summed E-state index contributed by atoms with van der Waals surface area (Å²) in [4.78, 5) is 13.5. The van der Waals surface area contributed by atoms with Crippen LogP contribution < -0.4 is 5.32 Å². The van der Waals surface area contributed by atoms with Crippen LogP contribution >= 0.6 is 0 Å². The molecule has 1 heterocycles. The van der Waals surface area contributed by atoms with Crippen LogP contribution in [0.15, 0.2) is 77.7 Å². The van der Waals surface area contributed by atoms with E-state index in [0.717, 1.165) is 26.6 Å². The molecule has 38 heavy (non-hydrogen) atoms. The lowest BCUT2D eigenvalue weighted by Gasteiger charge is -2.22. The molecule has 0 aliphatic heterocycles. The fourth-order valence-electron chi connectivity index (χ4n) is 4.17. The first-order valence-electron chi connectivity index (χ1n) is 12.4. The van der Waals surface area contributed by atoms with Gasteiger partial charge in [-0.15, -0.1) is 0 Å². The highest BCUT2D eigenvalue weighted by atomic mass is 32.2. The molecule has 0 bridgehead atoms. The van der Waals surface area contributed by atoms with Crippen molar-refractivity contribution < 1.29 is 17.9 Å². The van der Waals surface area contributed by atoms with Crippen molar-refractivity contribution in [2.45, 2.75) is 38.0 Å². The summed E-state index contributed by atoms with van der Waals surface area (Å²) in [6.45, 7) is 7.92. The van der Waals surface area contributed by atoms with Crippen LogP contribution in [0.1, 0.15) is 32.0 Å². The molecule has 1 N–H and O–H groups in total. The number of hydrogen-bond acceptors (Lipinski definition) is 5. The molecule has 1 aromatic heterocycles. The lowest BCUT2D eigenvalue weighted by molar-refractivity contribution is -0.116. The average molecular weight is 535 g/mol. The van der Waals surface area contributed by atoms with Crippen molar-refractivity contribution >= 4 is 32.5 Å². The van der Waals surface area contributed by atoms with E-state index in [2.05, 4.69) is 5.32 Å². The van der Waals surface area contributed by atoms with Gasteiger partial charge in [-0.05, 0) is 36.1 Å². The molecule has 0 saturated heterocycles. The van der Waals surface area contributed by atoms with Crippen LogP contribution in [0.2, 0.25) is 0 Å². The van der Waals surface area contributed by atoms with Gasteiger partial charge >= 0.3 is 0 Å². The molecular formula is C29H34N4O4S. The second kappa shape index (κ2) is 11.1. The number of ether oxygens (including phenoxy) is 1. The van der Waals surface area contributed by atoms with Crippen LogP contribution in [0.3, 0.4) is 0 Å². The van der Waals surface area contributed by atoms with Gasteiger partial charge in [0.1, 0.15) is 5.82 Å². The predicted molar refractivity (Wildman–Crippen MR) is 150 cm³/mol. The highest BCUT2D eigenvalue weighted by Crippen LogP contribution is 2.28. The first-order valence-corrected chi connectivity index (χ1v) is 13.9. The number of carbonyl (C=O) groups is 1. The Morgan fingerprint density at radius 3 is 2.45 bits per heavy atom. The third-order valence-electron chi connectivity index (χ3n) is 6.22. The largest absolute Gasteiger partial charge is 0.383 e. The first-order chi connectivity index (χ1) is 18.0. The van der Waals surface area contributed by atoms with Gasteiger partial charge in [0.2, 0.25) is 15.9 Å². The first kappa shape index (κ1) is 27.5. The van der Waals surface area contributed by atoms with E-state index in [4.69, 9.17) is 9.84 Å². The summed E-state index contributed by atoms with van der Waals surface area (Å²) >= 11 is 0. The fraction of sp³-hybridized carbons (Fsp3) is 0.310. The molecule has 3 aromatic carbocycles. The molecule has 200 valence electrons. The summed E-state index contributed by atoms with van der Waals surface area (Å²) < 4.78 is 35.6. The van der Waals surface area contributed by atoms with Crippen molar-refractivity contribution in [3.8, 4) is 5.69 Å². The number of nitrogens with zero attached hydrogens (tertiary/aromatic N) is 3. The quantitative estimate of drug-likeness (QED) is 0.329. The molecule has 1 amide bonds. The maximum Gasteiger partial charge on any atom is 0.244 e. The summed E-state index contributed by atoms with van der Waals surface area (Å²) in [5.41, 5.74) is 2.40. The summed E-state index contributed by atoms with van der Waals surface area (Å²) in [5.74, 6) is -0.000970. The monoisotopic (exact) mass is 534 g/mol. The minimum absolute atomic E-state index is 0.0276. The smallest absolute Gasteiger partial charge is 0.244 e. The highest BCUT2D eigenvalue weighted by molar-refractivity contribution is 7.89. The Labute approximate surface area is 224 Å². The normalized spacial score (nSPS) is 12.3. The van der Waals surface area contributed by atoms with Gasteiger partial charge in [-0.1, -0.05) is 69.3 Å². The molecule has 0 radical (unpaired) electrons. The van der Waals surface area contributed by atoms with Crippen molar-refractivity contribution in [3.63, 3.8) is 0 Å². The number of amides is 1. The van der Waals surface area contributed by atoms with Gasteiger partial charge in [0.05, 0.1) is 29.4 Å². The minimum atomic E-state index is -4.00. The second-order valence-corrected chi connectivity index (χ2v) is 12.2. The van der Waals surface area contributed by atoms with Gasteiger partial charge < -0.3 is 10.1 Å². The second-order valence-electron chi connectivity index (χ2n) is 10.3. The number of methoxy groups -OCH3 is 1. The maximum absolute atomic E-state index is 13.8. The summed E-state index contributed by atoms with van der Waals surface area (Å²) in [5, 5.41) is 9.07. The van der Waals surface area contributed by atoms with Gasteiger partial charge in [0, 0.05) is 30.5 Å². The Balaban J connectivity index is 1.67. The van der Waals surface area contributed by atoms with Gasteiger partial charge in [-0.25, -0.2) is 13.1 Å². The topological polar surface area (TPSA) is 93.5 Å². The van der Waals surface area contributed by atoms with Crippen LogP contribution in [0, 0.1) is 6.92 Å². The van der Waals surface area contributed by atoms with E-state index in [1.165, 1.54) is 7.11 Å². The number of benzene rings is 3. The third kappa shape index (κ3) is 5.96. The summed E-state index contributed by atoms with van der Waals surface area (Å²) in [6.07, 6.45) is 0. The standard InChI is InChI=1S/C29H34N4O4S/c1-21-10-8-13-23(18-21)33-27(19-26(31-33)29(2,3)4)30-28(34)20-32(16-17-37-5)38(35,36)25-15-9-12-22-11-6-7-14-24(22)25/h6-15,18-19H,16-17,20H2,1-5H3,(H,30,34). The van der Waals surface area contributed by atoms with Crippen molar-refractivity contribution in [1.29, 1.82) is 0 Å². The molecule has 4 rings (SSSR count). The maximum atomic E-state index is 13.8. The van der Waals surface area contributed by atoms with E-state index < -0.39 is 15.9 Å². The van der Waals surface area contributed by atoms with Gasteiger partial charge in [-0.3, -0.25) is 4.79 Å². The summed E-state index contributed by atoms with van der Waals surface area (Å²) in [7, 11) is -2.51. The number of aromatic nitrogens is 2. The molecule has 9 heteroatoms. The Hall–Kier alpha value is -3.53. The van der Waals surface area contributed by atoms with Crippen LogP contribution in [0.25, 0.3) is 16.5 Å². The number of carbonyl (C=O) groups excluding carboxylic acids is 1. The number of nitrogens with one attached hydrogen (secondary N) is 1. The third-order valence-corrected chi connectivity index (χ3v) is 8.13. The Morgan fingerprint density at radius 1 is 1.03 bits per heavy atom. The minimum Gasteiger partial charge on any atom is -0.383 e. The van der Waals surface area contributed by atoms with Gasteiger partial charge in [0.25, 0.3) is 0 Å². The van der Waals surface area contributed by atoms with E-state index in [-0.39, 0.29) is 30.0 Å². The fourth-order valence-corrected chi connectivity index (χ4v) is 5.77. The average Bonchev–Trinajstić information content (AvgIpc) is 3.30. The molecule has 0 saturated carbocycles. The van der Waals surface area contributed by atoms with Gasteiger partial charge in [0.15, 0.2) is 0 Å². The molecule has 0 atom stereocenters. The number of fused-ring (bicyclic) bond motifs is 1. The number of anilines is 1. The molecular weight excluding hydrogens is 500 g/mol. The molecule has 0 unspecified atom stereocenters. The number of sulfonamides is 1. The number of hydrogen-bond donors (Lipinski definition) is 1. The van der Waals surface area contributed by atoms with E-state index in [1.54, 1.807) is 28.9 Å². The molecule has 0 aliphatic rings. The molecule has 0 fully saturated rings. The van der Waals surface area contributed by atoms with Crippen LogP contribution in [-0.2, 0) is 25.0 Å². The zero-order valence-electron chi connectivity index (χ0n) is 22.4. The van der Waals surface area contributed by atoms with Crippen LogP contribution in [0.5, 0.6) is 0 Å². The highest BCUT2D eigenvalue weighted by Gasteiger charge is 2.29. The SMILES string of the molecule is COCCN(CC(=O)Nc1cc(C(C)(C)C)nn1-c1cccc(C)c1)S(=O)(=O)c1cccc2ccccc12. The Kier molecular flexibility index (Phi) is 8.01. The summed E-state index contributed by atoms with van der Waals surface area (Å²) in [6, 6.07) is 22.1. The molecule has 0 spiro atoms.